The predicted octanol–water partition coefficient (Wildman–Crippen LogP) is 0.179. The van der Waals surface area contributed by atoms with Gasteiger partial charge in [0.15, 0.2) is 15.3 Å². The van der Waals surface area contributed by atoms with Gasteiger partial charge in [0.05, 0.1) is 5.75 Å². The SMILES string of the molecule is CCS(=O)(=O)C(O)C(O)COc1ccccc1. The monoisotopic (exact) mass is 260 g/mol. The molecule has 5 nitrogen and oxygen atoms in total. The molecule has 17 heavy (non-hydrogen) atoms. The van der Waals surface area contributed by atoms with E-state index in [1.807, 2.05) is 0 Å². The zero-order valence-electron chi connectivity index (χ0n) is 9.48. The maximum absolute atomic E-state index is 11.3. The van der Waals surface area contributed by atoms with Crippen LogP contribution in [-0.4, -0.2) is 42.5 Å². The molecule has 0 aromatic heterocycles. The minimum Gasteiger partial charge on any atom is -0.491 e. The molecule has 2 unspecified atom stereocenters. The second-order valence-corrected chi connectivity index (χ2v) is 5.92. The van der Waals surface area contributed by atoms with E-state index in [2.05, 4.69) is 0 Å². The van der Waals surface area contributed by atoms with E-state index in [-0.39, 0.29) is 12.4 Å². The van der Waals surface area contributed by atoms with Gasteiger partial charge in [-0.2, -0.15) is 0 Å². The largest absolute Gasteiger partial charge is 0.491 e. The van der Waals surface area contributed by atoms with Gasteiger partial charge < -0.3 is 14.9 Å². The Morgan fingerprint density at radius 2 is 1.82 bits per heavy atom. The summed E-state index contributed by atoms with van der Waals surface area (Å²) in [6.45, 7) is 1.13. The highest BCUT2D eigenvalue weighted by Gasteiger charge is 2.29. The molecule has 1 aromatic rings. The Morgan fingerprint density at radius 1 is 1.24 bits per heavy atom. The quantitative estimate of drug-likeness (QED) is 0.762. The van der Waals surface area contributed by atoms with E-state index in [4.69, 9.17) is 4.74 Å². The Labute approximate surface area is 101 Å². The first kappa shape index (κ1) is 14.0. The number of ether oxygens (including phenoxy) is 1. The molecule has 0 saturated carbocycles. The highest BCUT2D eigenvalue weighted by atomic mass is 32.2. The van der Waals surface area contributed by atoms with E-state index in [0.29, 0.717) is 5.75 Å². The lowest BCUT2D eigenvalue weighted by molar-refractivity contribution is 0.0318. The molecule has 0 radical (unpaired) electrons. The van der Waals surface area contributed by atoms with Crippen molar-refractivity contribution in [2.75, 3.05) is 12.4 Å². The first-order chi connectivity index (χ1) is 7.97. The molecule has 96 valence electrons. The van der Waals surface area contributed by atoms with Crippen LogP contribution < -0.4 is 4.74 Å². The summed E-state index contributed by atoms with van der Waals surface area (Å²) in [6, 6.07) is 8.66. The normalized spacial score (nSPS) is 15.2. The maximum atomic E-state index is 11.3. The molecule has 0 saturated heterocycles. The van der Waals surface area contributed by atoms with Crippen LogP contribution in [0, 0.1) is 0 Å². The Hall–Kier alpha value is -1.11. The summed E-state index contributed by atoms with van der Waals surface area (Å²) in [5.74, 6) is 0.281. The van der Waals surface area contributed by atoms with E-state index in [0.717, 1.165) is 0 Å². The van der Waals surface area contributed by atoms with Crippen LogP contribution in [0.4, 0.5) is 0 Å². The van der Waals surface area contributed by atoms with E-state index in [1.54, 1.807) is 30.3 Å². The predicted molar refractivity (Wildman–Crippen MR) is 63.4 cm³/mol. The standard InChI is InChI=1S/C11H16O5S/c1-2-17(14,15)11(13)10(12)8-16-9-6-4-3-5-7-9/h3-7,10-13H,2,8H2,1H3. The minimum atomic E-state index is -3.68. The number of rotatable bonds is 6. The van der Waals surface area contributed by atoms with Gasteiger partial charge in [0, 0.05) is 0 Å². The molecule has 2 N–H and O–H groups in total. The maximum Gasteiger partial charge on any atom is 0.184 e. The van der Waals surface area contributed by atoms with Gasteiger partial charge in [-0.25, -0.2) is 8.42 Å². The third kappa shape index (κ3) is 3.99. The molecular weight excluding hydrogens is 244 g/mol. The van der Waals surface area contributed by atoms with Crippen LogP contribution in [0.25, 0.3) is 0 Å². The fourth-order valence-corrected chi connectivity index (χ4v) is 2.09. The van der Waals surface area contributed by atoms with Crippen LogP contribution >= 0.6 is 0 Å². The molecule has 1 aromatic carbocycles. The zero-order chi connectivity index (χ0) is 12.9. The van der Waals surface area contributed by atoms with Crippen molar-refractivity contribution in [3.63, 3.8) is 0 Å². The summed E-state index contributed by atoms with van der Waals surface area (Å²) in [5.41, 5.74) is -1.81. The van der Waals surface area contributed by atoms with Gasteiger partial charge >= 0.3 is 0 Å². The molecule has 0 aliphatic heterocycles. The van der Waals surface area contributed by atoms with Crippen molar-refractivity contribution in [2.24, 2.45) is 0 Å². The number of aliphatic hydroxyl groups excluding tert-OH is 2. The summed E-state index contributed by atoms with van der Waals surface area (Å²) < 4.78 is 27.7. The van der Waals surface area contributed by atoms with E-state index in [9.17, 15) is 18.6 Å². The highest BCUT2D eigenvalue weighted by molar-refractivity contribution is 7.91. The fraction of sp³-hybridized carbons (Fsp3) is 0.455. The van der Waals surface area contributed by atoms with Crippen molar-refractivity contribution >= 4 is 9.84 Å². The Kier molecular flexibility index (Phi) is 4.92. The van der Waals surface area contributed by atoms with Crippen LogP contribution in [0.15, 0.2) is 30.3 Å². The van der Waals surface area contributed by atoms with Crippen molar-refractivity contribution in [2.45, 2.75) is 18.5 Å². The number of hydrogen-bond acceptors (Lipinski definition) is 5. The number of benzene rings is 1. The van der Waals surface area contributed by atoms with E-state index >= 15 is 0 Å². The lowest BCUT2D eigenvalue weighted by atomic mass is 10.3. The van der Waals surface area contributed by atoms with Gasteiger partial charge in [-0.05, 0) is 12.1 Å². The first-order valence-electron chi connectivity index (χ1n) is 5.23. The number of hydrogen-bond donors (Lipinski definition) is 2. The third-order valence-corrected chi connectivity index (χ3v) is 4.12. The van der Waals surface area contributed by atoms with E-state index in [1.165, 1.54) is 6.92 Å². The Morgan fingerprint density at radius 3 is 2.35 bits per heavy atom. The van der Waals surface area contributed by atoms with Crippen molar-refractivity contribution in [1.29, 1.82) is 0 Å². The number of para-hydroxylation sites is 1. The Balaban J connectivity index is 2.53. The number of aliphatic hydroxyl groups is 2. The van der Waals surface area contributed by atoms with Crippen molar-refractivity contribution in [3.8, 4) is 5.75 Å². The lowest BCUT2D eigenvalue weighted by Gasteiger charge is -2.17. The molecule has 6 heteroatoms. The summed E-state index contributed by atoms with van der Waals surface area (Å²) in [6.07, 6.45) is -1.46. The summed E-state index contributed by atoms with van der Waals surface area (Å²) in [7, 11) is -3.68. The average molecular weight is 260 g/mol. The second kappa shape index (κ2) is 6.00. The first-order valence-corrected chi connectivity index (χ1v) is 6.94. The summed E-state index contributed by atoms with van der Waals surface area (Å²) in [5, 5.41) is 18.9. The van der Waals surface area contributed by atoms with Crippen LogP contribution in [0.5, 0.6) is 5.75 Å². The molecule has 0 amide bonds. The van der Waals surface area contributed by atoms with Crippen LogP contribution in [0.2, 0.25) is 0 Å². The molecule has 0 fully saturated rings. The molecule has 0 spiro atoms. The smallest absolute Gasteiger partial charge is 0.184 e. The molecule has 0 bridgehead atoms. The fourth-order valence-electron chi connectivity index (χ4n) is 1.19. The van der Waals surface area contributed by atoms with Crippen LogP contribution in [0.1, 0.15) is 6.92 Å². The summed E-state index contributed by atoms with van der Waals surface area (Å²) >= 11 is 0. The second-order valence-electron chi connectivity index (χ2n) is 3.53. The average Bonchev–Trinajstić information content (AvgIpc) is 2.36. The highest BCUT2D eigenvalue weighted by Crippen LogP contribution is 2.11. The molecular formula is C11H16O5S. The summed E-state index contributed by atoms with van der Waals surface area (Å²) in [4.78, 5) is 0. The van der Waals surface area contributed by atoms with Crippen LogP contribution in [0.3, 0.4) is 0 Å². The Bertz CT molecular complexity index is 428. The van der Waals surface area contributed by atoms with Crippen molar-refractivity contribution in [1.82, 2.24) is 0 Å². The van der Waals surface area contributed by atoms with Crippen molar-refractivity contribution in [3.05, 3.63) is 30.3 Å². The lowest BCUT2D eigenvalue weighted by Crippen LogP contribution is -2.38. The van der Waals surface area contributed by atoms with Gasteiger partial charge in [0.2, 0.25) is 0 Å². The van der Waals surface area contributed by atoms with Gasteiger partial charge in [0.1, 0.15) is 18.5 Å². The minimum absolute atomic E-state index is 0.226. The number of sulfone groups is 1. The van der Waals surface area contributed by atoms with Gasteiger partial charge in [-0.1, -0.05) is 25.1 Å². The molecule has 1 rings (SSSR count). The van der Waals surface area contributed by atoms with E-state index < -0.39 is 21.4 Å². The topological polar surface area (TPSA) is 83.8 Å². The molecule has 0 aliphatic rings. The molecule has 0 aliphatic carbocycles. The zero-order valence-corrected chi connectivity index (χ0v) is 10.3. The van der Waals surface area contributed by atoms with Gasteiger partial charge in [0.25, 0.3) is 0 Å². The molecule has 2 atom stereocenters. The molecule has 0 heterocycles. The van der Waals surface area contributed by atoms with Gasteiger partial charge in [-0.15, -0.1) is 0 Å². The van der Waals surface area contributed by atoms with Crippen molar-refractivity contribution < 1.29 is 23.4 Å². The third-order valence-electron chi connectivity index (χ3n) is 2.26. The van der Waals surface area contributed by atoms with Crippen LogP contribution in [-0.2, 0) is 9.84 Å². The van der Waals surface area contributed by atoms with Gasteiger partial charge in [-0.3, -0.25) is 0 Å².